The first-order chi connectivity index (χ1) is 16.0. The third-order valence-electron chi connectivity index (χ3n) is 4.85. The van der Waals surface area contributed by atoms with Gasteiger partial charge in [0.05, 0.1) is 21.3 Å². The van der Waals surface area contributed by atoms with E-state index in [0.717, 1.165) is 5.56 Å². The number of nitrogens with zero attached hydrogens (tertiary/aromatic N) is 2. The molecule has 0 fully saturated rings. The van der Waals surface area contributed by atoms with Gasteiger partial charge < -0.3 is 24.1 Å². The van der Waals surface area contributed by atoms with Crippen LogP contribution >= 0.6 is 11.6 Å². The molecule has 4 aromatic rings. The Morgan fingerprint density at radius 3 is 2.06 bits per heavy atom. The number of anilines is 1. The van der Waals surface area contributed by atoms with Crippen molar-refractivity contribution in [3.63, 3.8) is 0 Å². The first-order valence-corrected chi connectivity index (χ1v) is 10.2. The summed E-state index contributed by atoms with van der Waals surface area (Å²) in [4.78, 5) is 17.2. The Labute approximate surface area is 195 Å². The average molecular weight is 466 g/mol. The standard InChI is InChI=1S/C24H20ClN3O5/c1-30-19-12-16(13-20(31-2)21(19)32-3)23(29)26-18-10-6-15(7-11-18)24-27-22(28-33-24)14-4-8-17(25)9-5-14/h4-13H,1-3H3,(H,26,29). The fourth-order valence-electron chi connectivity index (χ4n) is 3.17. The molecule has 1 heterocycles. The largest absolute Gasteiger partial charge is 0.493 e. The number of methoxy groups -OCH3 is 3. The minimum Gasteiger partial charge on any atom is -0.493 e. The summed E-state index contributed by atoms with van der Waals surface area (Å²) >= 11 is 5.92. The number of benzene rings is 3. The second-order valence-electron chi connectivity index (χ2n) is 6.88. The maximum atomic E-state index is 12.8. The van der Waals surface area contributed by atoms with Gasteiger partial charge in [0.15, 0.2) is 11.5 Å². The smallest absolute Gasteiger partial charge is 0.258 e. The van der Waals surface area contributed by atoms with Crippen molar-refractivity contribution in [3.05, 3.63) is 71.2 Å². The lowest BCUT2D eigenvalue weighted by molar-refractivity contribution is 0.102. The molecule has 8 nitrogen and oxygen atoms in total. The van der Waals surface area contributed by atoms with Crippen LogP contribution in [0.2, 0.25) is 5.02 Å². The Morgan fingerprint density at radius 2 is 1.48 bits per heavy atom. The third kappa shape index (κ3) is 4.75. The molecule has 0 aliphatic heterocycles. The molecule has 1 aromatic heterocycles. The molecule has 3 aromatic carbocycles. The van der Waals surface area contributed by atoms with Crippen LogP contribution in [0.25, 0.3) is 22.8 Å². The molecule has 0 spiro atoms. The molecule has 0 radical (unpaired) electrons. The van der Waals surface area contributed by atoms with Crippen LogP contribution in [-0.2, 0) is 0 Å². The van der Waals surface area contributed by atoms with E-state index in [1.165, 1.54) is 21.3 Å². The van der Waals surface area contributed by atoms with Gasteiger partial charge in [-0.15, -0.1) is 0 Å². The van der Waals surface area contributed by atoms with Gasteiger partial charge in [0.1, 0.15) is 0 Å². The number of carbonyl (C=O) groups is 1. The van der Waals surface area contributed by atoms with Crippen LogP contribution in [0.15, 0.2) is 65.2 Å². The van der Waals surface area contributed by atoms with Gasteiger partial charge in [0, 0.05) is 27.4 Å². The monoisotopic (exact) mass is 465 g/mol. The number of ether oxygens (including phenoxy) is 3. The number of rotatable bonds is 7. The van der Waals surface area contributed by atoms with Gasteiger partial charge in [-0.05, 0) is 60.7 Å². The van der Waals surface area contributed by atoms with Crippen molar-refractivity contribution in [3.8, 4) is 40.1 Å². The lowest BCUT2D eigenvalue weighted by Gasteiger charge is -2.14. The quantitative estimate of drug-likeness (QED) is 0.393. The molecule has 0 unspecified atom stereocenters. The second kappa shape index (κ2) is 9.62. The van der Waals surface area contributed by atoms with E-state index >= 15 is 0 Å². The average Bonchev–Trinajstić information content (AvgIpc) is 3.34. The lowest BCUT2D eigenvalue weighted by atomic mass is 10.1. The van der Waals surface area contributed by atoms with E-state index in [-0.39, 0.29) is 5.91 Å². The van der Waals surface area contributed by atoms with Crippen molar-refractivity contribution >= 4 is 23.2 Å². The zero-order chi connectivity index (χ0) is 23.4. The molecule has 0 aliphatic carbocycles. The predicted octanol–water partition coefficient (Wildman–Crippen LogP) is 5.34. The van der Waals surface area contributed by atoms with Crippen molar-refractivity contribution in [2.24, 2.45) is 0 Å². The van der Waals surface area contributed by atoms with E-state index in [1.54, 1.807) is 48.5 Å². The number of hydrogen-bond acceptors (Lipinski definition) is 7. The summed E-state index contributed by atoms with van der Waals surface area (Å²) in [5, 5.41) is 7.49. The summed E-state index contributed by atoms with van der Waals surface area (Å²) in [7, 11) is 4.49. The number of halogens is 1. The number of nitrogens with one attached hydrogen (secondary N) is 1. The number of carbonyl (C=O) groups excluding carboxylic acids is 1. The summed E-state index contributed by atoms with van der Waals surface area (Å²) < 4.78 is 21.3. The van der Waals surface area contributed by atoms with E-state index in [9.17, 15) is 4.79 Å². The highest BCUT2D eigenvalue weighted by molar-refractivity contribution is 6.30. The molecule has 0 saturated carbocycles. The summed E-state index contributed by atoms with van der Waals surface area (Å²) in [5.41, 5.74) is 2.46. The Kier molecular flexibility index (Phi) is 6.46. The van der Waals surface area contributed by atoms with Gasteiger partial charge >= 0.3 is 0 Å². The van der Waals surface area contributed by atoms with Gasteiger partial charge in [-0.25, -0.2) is 0 Å². The topological polar surface area (TPSA) is 95.7 Å². The zero-order valence-corrected chi connectivity index (χ0v) is 18.8. The minimum atomic E-state index is -0.329. The fraction of sp³-hybridized carbons (Fsp3) is 0.125. The first-order valence-electron chi connectivity index (χ1n) is 9.84. The van der Waals surface area contributed by atoms with Gasteiger partial charge in [-0.3, -0.25) is 4.79 Å². The molecule has 0 aliphatic rings. The van der Waals surface area contributed by atoms with Crippen molar-refractivity contribution < 1.29 is 23.5 Å². The number of aromatic nitrogens is 2. The highest BCUT2D eigenvalue weighted by Gasteiger charge is 2.17. The SMILES string of the molecule is COc1cc(C(=O)Nc2ccc(-c3nc(-c4ccc(Cl)cc4)no3)cc2)cc(OC)c1OC. The maximum Gasteiger partial charge on any atom is 0.258 e. The molecule has 9 heteroatoms. The molecule has 33 heavy (non-hydrogen) atoms. The third-order valence-corrected chi connectivity index (χ3v) is 5.10. The number of amides is 1. The van der Waals surface area contributed by atoms with Crippen LogP contribution in [0, 0.1) is 0 Å². The van der Waals surface area contributed by atoms with Crippen LogP contribution in [-0.4, -0.2) is 37.4 Å². The van der Waals surface area contributed by atoms with Gasteiger partial charge in [0.25, 0.3) is 11.8 Å². The molecule has 168 valence electrons. The lowest BCUT2D eigenvalue weighted by Crippen LogP contribution is -2.12. The summed E-state index contributed by atoms with van der Waals surface area (Å²) in [6.45, 7) is 0. The summed E-state index contributed by atoms with van der Waals surface area (Å²) in [6, 6.07) is 17.4. The molecule has 1 N–H and O–H groups in total. The van der Waals surface area contributed by atoms with E-state index in [0.29, 0.717) is 50.8 Å². The normalized spacial score (nSPS) is 10.5. The summed E-state index contributed by atoms with van der Waals surface area (Å²) in [5.74, 6) is 1.70. The zero-order valence-electron chi connectivity index (χ0n) is 18.1. The summed E-state index contributed by atoms with van der Waals surface area (Å²) in [6.07, 6.45) is 0. The Balaban J connectivity index is 1.50. The molecular formula is C24H20ClN3O5. The van der Waals surface area contributed by atoms with Crippen molar-refractivity contribution in [1.82, 2.24) is 10.1 Å². The predicted molar refractivity (Wildman–Crippen MR) is 124 cm³/mol. The maximum absolute atomic E-state index is 12.8. The van der Waals surface area contributed by atoms with Crippen molar-refractivity contribution in [1.29, 1.82) is 0 Å². The Hall–Kier alpha value is -4.04. The second-order valence-corrected chi connectivity index (χ2v) is 7.31. The van der Waals surface area contributed by atoms with Gasteiger partial charge in [0.2, 0.25) is 11.6 Å². The molecular weight excluding hydrogens is 446 g/mol. The molecule has 4 rings (SSSR count). The van der Waals surface area contributed by atoms with Crippen LogP contribution < -0.4 is 19.5 Å². The highest BCUT2D eigenvalue weighted by atomic mass is 35.5. The molecule has 0 saturated heterocycles. The van der Waals surface area contributed by atoms with Crippen LogP contribution in [0.4, 0.5) is 5.69 Å². The Bertz CT molecular complexity index is 1250. The van der Waals surface area contributed by atoms with Gasteiger partial charge in [-0.2, -0.15) is 4.98 Å². The molecule has 0 bridgehead atoms. The highest BCUT2D eigenvalue weighted by Crippen LogP contribution is 2.38. The van der Waals surface area contributed by atoms with E-state index < -0.39 is 0 Å². The first kappa shape index (κ1) is 22.2. The minimum absolute atomic E-state index is 0.329. The van der Waals surface area contributed by atoms with E-state index in [4.69, 9.17) is 30.3 Å². The molecule has 1 amide bonds. The van der Waals surface area contributed by atoms with Crippen molar-refractivity contribution in [2.45, 2.75) is 0 Å². The van der Waals surface area contributed by atoms with Gasteiger partial charge in [-0.1, -0.05) is 16.8 Å². The van der Waals surface area contributed by atoms with Crippen LogP contribution in [0.1, 0.15) is 10.4 Å². The van der Waals surface area contributed by atoms with E-state index in [1.807, 2.05) is 12.1 Å². The number of hydrogen-bond donors (Lipinski definition) is 1. The van der Waals surface area contributed by atoms with Crippen molar-refractivity contribution in [2.75, 3.05) is 26.6 Å². The van der Waals surface area contributed by atoms with E-state index in [2.05, 4.69) is 15.5 Å². The van der Waals surface area contributed by atoms with Crippen LogP contribution in [0.3, 0.4) is 0 Å². The van der Waals surface area contributed by atoms with Crippen LogP contribution in [0.5, 0.6) is 17.2 Å². The fourth-order valence-corrected chi connectivity index (χ4v) is 3.29. The Morgan fingerprint density at radius 1 is 0.879 bits per heavy atom. The molecule has 0 atom stereocenters.